The van der Waals surface area contributed by atoms with E-state index in [-0.39, 0.29) is 0 Å². The van der Waals surface area contributed by atoms with Crippen molar-refractivity contribution in [2.24, 2.45) is 5.92 Å². The van der Waals surface area contributed by atoms with Crippen molar-refractivity contribution < 1.29 is 0 Å². The maximum atomic E-state index is 2.25. The Hall–Kier alpha value is -1.30. The number of allylic oxidation sites excluding steroid dienone is 10. The third-order valence-electron chi connectivity index (χ3n) is 1.85. The largest absolute Gasteiger partial charge is 0.0738 e. The maximum Gasteiger partial charge on any atom is 0.0142 e. The summed E-state index contributed by atoms with van der Waals surface area (Å²) in [5, 5.41) is 0. The Labute approximate surface area is 66.9 Å². The summed E-state index contributed by atoms with van der Waals surface area (Å²) in [5.41, 5.74) is 1.30. The lowest BCUT2D eigenvalue weighted by molar-refractivity contribution is 1.07. The van der Waals surface area contributed by atoms with Gasteiger partial charge in [-0.05, 0) is 5.57 Å². The van der Waals surface area contributed by atoms with Crippen LogP contribution in [0.1, 0.15) is 0 Å². The minimum Gasteiger partial charge on any atom is -0.0738 e. The van der Waals surface area contributed by atoms with Gasteiger partial charge in [0.05, 0.1) is 0 Å². The van der Waals surface area contributed by atoms with E-state index in [1.807, 2.05) is 0 Å². The summed E-state index contributed by atoms with van der Waals surface area (Å²) in [6, 6.07) is 0. The third kappa shape index (κ3) is 1.40. The van der Waals surface area contributed by atoms with Crippen molar-refractivity contribution in [1.29, 1.82) is 0 Å². The van der Waals surface area contributed by atoms with E-state index >= 15 is 0 Å². The van der Waals surface area contributed by atoms with Crippen molar-refractivity contribution in [3.63, 3.8) is 0 Å². The number of hydrogen-bond donors (Lipinski definition) is 0. The SMILES string of the molecule is C1=CC2=CC(C=C1)C=CC=C2. The van der Waals surface area contributed by atoms with Gasteiger partial charge in [-0.3, -0.25) is 0 Å². The van der Waals surface area contributed by atoms with Gasteiger partial charge in [-0.15, -0.1) is 0 Å². The highest BCUT2D eigenvalue weighted by molar-refractivity contribution is 5.40. The van der Waals surface area contributed by atoms with E-state index in [1.54, 1.807) is 0 Å². The Morgan fingerprint density at radius 3 is 2.09 bits per heavy atom. The standard InChI is InChI=1S/C11H10/c1-2-6-11-8-4-3-7-10(5-1)9-11/h1-10H. The summed E-state index contributed by atoms with van der Waals surface area (Å²) in [6.07, 6.45) is 19.2. The molecule has 0 amide bonds. The van der Waals surface area contributed by atoms with E-state index < -0.39 is 0 Å². The molecule has 0 radical (unpaired) electrons. The highest BCUT2D eigenvalue weighted by Gasteiger charge is 2.00. The van der Waals surface area contributed by atoms with E-state index in [1.165, 1.54) is 5.57 Å². The molecule has 0 aromatic carbocycles. The van der Waals surface area contributed by atoms with Gasteiger partial charge in [0.1, 0.15) is 0 Å². The molecule has 0 aromatic heterocycles. The molecule has 2 aliphatic carbocycles. The summed E-state index contributed by atoms with van der Waals surface area (Å²) < 4.78 is 0. The fourth-order valence-electron chi connectivity index (χ4n) is 1.28. The molecule has 0 heteroatoms. The van der Waals surface area contributed by atoms with E-state index in [0.29, 0.717) is 5.92 Å². The normalized spacial score (nSPS) is 21.3. The highest BCUT2D eigenvalue weighted by Crippen LogP contribution is 2.16. The summed E-state index contributed by atoms with van der Waals surface area (Å²) in [7, 11) is 0. The Morgan fingerprint density at radius 2 is 1.45 bits per heavy atom. The van der Waals surface area contributed by atoms with E-state index in [0.717, 1.165) is 0 Å². The van der Waals surface area contributed by atoms with Crippen LogP contribution in [0.25, 0.3) is 0 Å². The first-order valence-electron chi connectivity index (χ1n) is 3.87. The highest BCUT2D eigenvalue weighted by atomic mass is 14.0. The molecule has 0 nitrogen and oxygen atoms in total. The molecule has 0 spiro atoms. The predicted molar refractivity (Wildman–Crippen MR) is 48.1 cm³/mol. The van der Waals surface area contributed by atoms with Gasteiger partial charge >= 0.3 is 0 Å². The Kier molecular flexibility index (Phi) is 1.60. The number of fused-ring (bicyclic) bond motifs is 1. The second kappa shape index (κ2) is 2.75. The van der Waals surface area contributed by atoms with Gasteiger partial charge < -0.3 is 0 Å². The summed E-state index contributed by atoms with van der Waals surface area (Å²) in [6.45, 7) is 0. The minimum absolute atomic E-state index is 0.481. The van der Waals surface area contributed by atoms with Gasteiger partial charge in [-0.2, -0.15) is 0 Å². The first-order chi connectivity index (χ1) is 5.45. The Morgan fingerprint density at radius 1 is 0.818 bits per heavy atom. The molecule has 0 atom stereocenters. The lowest BCUT2D eigenvalue weighted by Crippen LogP contribution is -1.83. The summed E-state index contributed by atoms with van der Waals surface area (Å²) in [4.78, 5) is 0. The Bertz CT molecular complexity index is 259. The van der Waals surface area contributed by atoms with Gasteiger partial charge in [0.25, 0.3) is 0 Å². The van der Waals surface area contributed by atoms with E-state index in [4.69, 9.17) is 0 Å². The molecular formula is C11H10. The van der Waals surface area contributed by atoms with Crippen molar-refractivity contribution in [2.45, 2.75) is 0 Å². The number of rotatable bonds is 0. The van der Waals surface area contributed by atoms with Crippen molar-refractivity contribution in [2.75, 3.05) is 0 Å². The van der Waals surface area contributed by atoms with Gasteiger partial charge in [0.2, 0.25) is 0 Å². The van der Waals surface area contributed by atoms with Crippen LogP contribution in [0, 0.1) is 5.92 Å². The van der Waals surface area contributed by atoms with Crippen LogP contribution in [0.15, 0.2) is 60.3 Å². The van der Waals surface area contributed by atoms with E-state index in [9.17, 15) is 0 Å². The van der Waals surface area contributed by atoms with Crippen molar-refractivity contribution in [3.8, 4) is 0 Å². The quantitative estimate of drug-likeness (QED) is 0.488. The van der Waals surface area contributed by atoms with Gasteiger partial charge in [-0.1, -0.05) is 54.7 Å². The van der Waals surface area contributed by atoms with Gasteiger partial charge in [0.15, 0.2) is 0 Å². The maximum absolute atomic E-state index is 2.25. The van der Waals surface area contributed by atoms with Crippen molar-refractivity contribution in [3.05, 3.63) is 60.3 Å². The zero-order valence-electron chi connectivity index (χ0n) is 6.27. The van der Waals surface area contributed by atoms with Gasteiger partial charge in [0, 0.05) is 5.92 Å². The molecule has 54 valence electrons. The zero-order valence-corrected chi connectivity index (χ0v) is 6.27. The summed E-state index contributed by atoms with van der Waals surface area (Å²) >= 11 is 0. The topological polar surface area (TPSA) is 0 Å². The fourth-order valence-corrected chi connectivity index (χ4v) is 1.28. The first-order valence-corrected chi connectivity index (χ1v) is 3.87. The molecule has 0 unspecified atom stereocenters. The van der Waals surface area contributed by atoms with Gasteiger partial charge in [-0.25, -0.2) is 0 Å². The molecule has 0 heterocycles. The van der Waals surface area contributed by atoms with E-state index in [2.05, 4.69) is 54.7 Å². The van der Waals surface area contributed by atoms with Crippen LogP contribution < -0.4 is 0 Å². The zero-order chi connectivity index (χ0) is 7.52. The smallest absolute Gasteiger partial charge is 0.0142 e. The molecule has 0 N–H and O–H groups in total. The second-order valence-corrected chi connectivity index (χ2v) is 2.73. The van der Waals surface area contributed by atoms with Crippen molar-refractivity contribution in [1.82, 2.24) is 0 Å². The molecule has 0 aliphatic heterocycles. The fraction of sp³-hybridized carbons (Fsp3) is 0.0909. The monoisotopic (exact) mass is 142 g/mol. The van der Waals surface area contributed by atoms with Crippen LogP contribution in [0.4, 0.5) is 0 Å². The first kappa shape index (κ1) is 6.41. The molecule has 11 heavy (non-hydrogen) atoms. The molecule has 0 fully saturated rings. The van der Waals surface area contributed by atoms with Crippen LogP contribution >= 0.6 is 0 Å². The molecule has 0 aromatic rings. The Balaban J connectivity index is 2.41. The third-order valence-corrected chi connectivity index (χ3v) is 1.85. The minimum atomic E-state index is 0.481. The molecular weight excluding hydrogens is 132 g/mol. The van der Waals surface area contributed by atoms with Crippen LogP contribution in [0.2, 0.25) is 0 Å². The van der Waals surface area contributed by atoms with Crippen LogP contribution in [-0.4, -0.2) is 0 Å². The summed E-state index contributed by atoms with van der Waals surface area (Å²) in [5.74, 6) is 0.481. The lowest BCUT2D eigenvalue weighted by atomic mass is 10.1. The molecule has 2 aliphatic rings. The van der Waals surface area contributed by atoms with Crippen LogP contribution in [-0.2, 0) is 0 Å². The molecule has 2 rings (SSSR count). The van der Waals surface area contributed by atoms with Crippen LogP contribution in [0.5, 0.6) is 0 Å². The molecule has 0 saturated carbocycles. The molecule has 0 saturated heterocycles. The average molecular weight is 142 g/mol. The van der Waals surface area contributed by atoms with Crippen molar-refractivity contribution >= 4 is 0 Å². The molecule has 2 bridgehead atoms. The predicted octanol–water partition coefficient (Wildman–Crippen LogP) is 2.78. The average Bonchev–Trinajstić information content (AvgIpc) is 2.36. The number of hydrogen-bond acceptors (Lipinski definition) is 0. The van der Waals surface area contributed by atoms with Crippen LogP contribution in [0.3, 0.4) is 0 Å². The second-order valence-electron chi connectivity index (χ2n) is 2.73. The lowest BCUT2D eigenvalue weighted by Gasteiger charge is -1.96.